The van der Waals surface area contributed by atoms with E-state index in [0.717, 1.165) is 26.2 Å². The van der Waals surface area contributed by atoms with E-state index in [-0.39, 0.29) is 6.04 Å². The van der Waals surface area contributed by atoms with E-state index in [1.807, 2.05) is 6.08 Å². The third-order valence-corrected chi connectivity index (χ3v) is 3.26. The maximum atomic E-state index is 4.34. The highest BCUT2D eigenvalue weighted by molar-refractivity contribution is 5.61. The Morgan fingerprint density at radius 3 is 2.75 bits per heavy atom. The fourth-order valence-electron chi connectivity index (χ4n) is 2.14. The first-order valence-electron chi connectivity index (χ1n) is 5.80. The average Bonchev–Trinajstić information content (AvgIpc) is 2.30. The van der Waals surface area contributed by atoms with E-state index in [1.165, 1.54) is 11.4 Å². The molecule has 2 aliphatic rings. The fraction of sp³-hybridized carbons (Fsp3) is 0.583. The molecule has 0 aliphatic carbocycles. The van der Waals surface area contributed by atoms with Crippen molar-refractivity contribution in [2.45, 2.75) is 13.0 Å². The lowest BCUT2D eigenvalue weighted by Crippen LogP contribution is -2.47. The topological polar surface area (TPSA) is 30.9 Å². The molecule has 0 aromatic carbocycles. The molecule has 0 radical (unpaired) electrons. The zero-order chi connectivity index (χ0) is 11.5. The third-order valence-electron chi connectivity index (χ3n) is 3.26. The second-order valence-corrected chi connectivity index (χ2v) is 4.40. The van der Waals surface area contributed by atoms with Crippen LogP contribution in [0.5, 0.6) is 0 Å². The van der Waals surface area contributed by atoms with E-state index in [4.69, 9.17) is 0 Å². The van der Waals surface area contributed by atoms with Crippen LogP contribution >= 0.6 is 0 Å². The summed E-state index contributed by atoms with van der Waals surface area (Å²) in [5.41, 5.74) is 1.20. The van der Waals surface area contributed by atoms with Gasteiger partial charge in [-0.1, -0.05) is 12.7 Å². The largest absolute Gasteiger partial charge is 0.355 e. The van der Waals surface area contributed by atoms with Crippen LogP contribution in [0, 0.1) is 0 Å². The van der Waals surface area contributed by atoms with E-state index in [0.29, 0.717) is 0 Å². The van der Waals surface area contributed by atoms with Gasteiger partial charge in [-0.2, -0.15) is 0 Å². The SMILES string of the molecule is C=CC1=C(N2CCN(C)CC2)NC=NC1C. The highest BCUT2D eigenvalue weighted by Gasteiger charge is 2.22. The minimum atomic E-state index is 0.216. The predicted octanol–water partition coefficient (Wildman–Crippen LogP) is 0.651. The Balaban J connectivity index is 2.15. The van der Waals surface area contributed by atoms with Crippen LogP contribution in [-0.4, -0.2) is 55.4 Å². The van der Waals surface area contributed by atoms with Gasteiger partial charge in [-0.15, -0.1) is 0 Å². The normalized spacial score (nSPS) is 26.9. The molecule has 88 valence electrons. The van der Waals surface area contributed by atoms with Gasteiger partial charge >= 0.3 is 0 Å². The number of nitrogens with zero attached hydrogens (tertiary/aromatic N) is 3. The molecule has 1 atom stereocenters. The molecule has 0 amide bonds. The Morgan fingerprint density at radius 2 is 2.12 bits per heavy atom. The molecule has 4 heteroatoms. The zero-order valence-electron chi connectivity index (χ0n) is 10.1. The van der Waals surface area contributed by atoms with Gasteiger partial charge < -0.3 is 15.1 Å². The summed E-state index contributed by atoms with van der Waals surface area (Å²) in [5, 5.41) is 3.26. The monoisotopic (exact) mass is 220 g/mol. The van der Waals surface area contributed by atoms with Gasteiger partial charge in [0.1, 0.15) is 5.82 Å². The molecular formula is C12H20N4. The van der Waals surface area contributed by atoms with Gasteiger partial charge in [-0.05, 0) is 14.0 Å². The van der Waals surface area contributed by atoms with Crippen LogP contribution in [0.3, 0.4) is 0 Å². The van der Waals surface area contributed by atoms with E-state index in [9.17, 15) is 0 Å². The van der Waals surface area contributed by atoms with Gasteiger partial charge in [-0.25, -0.2) is 0 Å². The van der Waals surface area contributed by atoms with Gasteiger partial charge in [0.2, 0.25) is 0 Å². The van der Waals surface area contributed by atoms with Crippen molar-refractivity contribution in [2.75, 3.05) is 33.2 Å². The number of nitrogens with one attached hydrogen (secondary N) is 1. The Morgan fingerprint density at radius 1 is 1.44 bits per heavy atom. The number of hydrogen-bond acceptors (Lipinski definition) is 4. The van der Waals surface area contributed by atoms with Gasteiger partial charge in [0.25, 0.3) is 0 Å². The van der Waals surface area contributed by atoms with Gasteiger partial charge in [0.15, 0.2) is 0 Å². The van der Waals surface area contributed by atoms with Crippen LogP contribution in [0.4, 0.5) is 0 Å². The standard InChI is InChI=1S/C12H20N4/c1-4-11-10(2)13-9-14-12(11)16-7-5-15(3)6-8-16/h4,9-10H,1,5-8H2,2-3H3,(H,13,14). The smallest absolute Gasteiger partial charge is 0.112 e. The lowest BCUT2D eigenvalue weighted by Gasteiger charge is -2.37. The summed E-state index contributed by atoms with van der Waals surface area (Å²) in [4.78, 5) is 9.08. The van der Waals surface area contributed by atoms with E-state index in [2.05, 4.69) is 40.7 Å². The Hall–Kier alpha value is -1.29. The minimum absolute atomic E-state index is 0.216. The predicted molar refractivity (Wildman–Crippen MR) is 67.4 cm³/mol. The van der Waals surface area contributed by atoms with Crippen molar-refractivity contribution in [3.8, 4) is 0 Å². The molecule has 0 spiro atoms. The van der Waals surface area contributed by atoms with Crippen LogP contribution in [-0.2, 0) is 0 Å². The molecule has 2 heterocycles. The second kappa shape index (κ2) is 4.70. The number of hydrogen-bond donors (Lipinski definition) is 1. The van der Waals surface area contributed by atoms with Crippen molar-refractivity contribution in [1.82, 2.24) is 15.1 Å². The number of likely N-dealkylation sites (N-methyl/N-ethyl adjacent to an activating group) is 1. The number of aliphatic imine (C=N–C) groups is 1. The molecule has 1 N–H and O–H groups in total. The van der Waals surface area contributed by atoms with Crippen molar-refractivity contribution in [3.05, 3.63) is 24.0 Å². The molecular weight excluding hydrogens is 200 g/mol. The first kappa shape index (κ1) is 11.2. The van der Waals surface area contributed by atoms with Gasteiger partial charge in [0.05, 0.1) is 12.4 Å². The molecule has 1 unspecified atom stereocenters. The highest BCUT2D eigenvalue weighted by Crippen LogP contribution is 2.18. The molecule has 1 saturated heterocycles. The summed E-state index contributed by atoms with van der Waals surface area (Å²) >= 11 is 0. The average molecular weight is 220 g/mol. The first-order chi connectivity index (χ1) is 7.72. The molecule has 1 fully saturated rings. The lowest BCUT2D eigenvalue weighted by molar-refractivity contribution is 0.180. The van der Waals surface area contributed by atoms with Crippen LogP contribution < -0.4 is 5.32 Å². The van der Waals surface area contributed by atoms with Crippen molar-refractivity contribution in [2.24, 2.45) is 4.99 Å². The van der Waals surface area contributed by atoms with E-state index < -0.39 is 0 Å². The highest BCUT2D eigenvalue weighted by atomic mass is 15.3. The summed E-state index contributed by atoms with van der Waals surface area (Å²) < 4.78 is 0. The maximum Gasteiger partial charge on any atom is 0.112 e. The Bertz CT molecular complexity index is 324. The number of piperazine rings is 1. The van der Waals surface area contributed by atoms with Crippen molar-refractivity contribution in [3.63, 3.8) is 0 Å². The van der Waals surface area contributed by atoms with Crippen molar-refractivity contribution in [1.29, 1.82) is 0 Å². The molecule has 4 nitrogen and oxygen atoms in total. The van der Waals surface area contributed by atoms with Crippen LogP contribution in [0.15, 0.2) is 29.0 Å². The van der Waals surface area contributed by atoms with Crippen LogP contribution in [0.25, 0.3) is 0 Å². The molecule has 0 saturated carbocycles. The quantitative estimate of drug-likeness (QED) is 0.741. The number of rotatable bonds is 2. The van der Waals surface area contributed by atoms with E-state index >= 15 is 0 Å². The molecule has 0 bridgehead atoms. The Labute approximate surface area is 97.3 Å². The summed E-state index contributed by atoms with van der Waals surface area (Å²) in [6, 6.07) is 0.216. The van der Waals surface area contributed by atoms with Crippen LogP contribution in [0.1, 0.15) is 6.92 Å². The zero-order valence-corrected chi connectivity index (χ0v) is 10.1. The second-order valence-electron chi connectivity index (χ2n) is 4.40. The summed E-state index contributed by atoms with van der Waals surface area (Å²) in [6.07, 6.45) is 3.72. The summed E-state index contributed by atoms with van der Waals surface area (Å²) in [5.74, 6) is 1.19. The Kier molecular flexibility index (Phi) is 3.29. The first-order valence-corrected chi connectivity index (χ1v) is 5.80. The molecule has 2 aliphatic heterocycles. The summed E-state index contributed by atoms with van der Waals surface area (Å²) in [6.45, 7) is 10.3. The van der Waals surface area contributed by atoms with Gasteiger partial charge in [-0.3, -0.25) is 4.99 Å². The molecule has 2 rings (SSSR count). The van der Waals surface area contributed by atoms with Crippen LogP contribution in [0.2, 0.25) is 0 Å². The molecule has 16 heavy (non-hydrogen) atoms. The third kappa shape index (κ3) is 2.11. The van der Waals surface area contributed by atoms with Crippen molar-refractivity contribution >= 4 is 6.34 Å². The van der Waals surface area contributed by atoms with Crippen molar-refractivity contribution < 1.29 is 0 Å². The maximum absolute atomic E-state index is 4.34. The van der Waals surface area contributed by atoms with Gasteiger partial charge in [0, 0.05) is 31.8 Å². The van der Waals surface area contributed by atoms with E-state index in [1.54, 1.807) is 6.34 Å². The lowest BCUT2D eigenvalue weighted by atomic mass is 10.1. The summed E-state index contributed by atoms with van der Waals surface area (Å²) in [7, 11) is 2.17. The molecule has 0 aromatic rings. The fourth-order valence-corrected chi connectivity index (χ4v) is 2.14. The molecule has 0 aromatic heterocycles. The minimum Gasteiger partial charge on any atom is -0.355 e.